The van der Waals surface area contributed by atoms with Crippen LogP contribution in [0.2, 0.25) is 5.02 Å². The van der Waals surface area contributed by atoms with Crippen molar-refractivity contribution in [3.8, 4) is 11.8 Å². The summed E-state index contributed by atoms with van der Waals surface area (Å²) in [7, 11) is 0. The van der Waals surface area contributed by atoms with E-state index in [1.165, 1.54) is 6.07 Å². The number of halogens is 3. The van der Waals surface area contributed by atoms with Crippen molar-refractivity contribution >= 4 is 28.3 Å². The Morgan fingerprint density at radius 2 is 2.25 bits per heavy atom. The number of ether oxygens (including phenoxy) is 2. The van der Waals surface area contributed by atoms with Gasteiger partial charge in [0.2, 0.25) is 0 Å². The third kappa shape index (κ3) is 3.28. The fraction of sp³-hybridized carbons (Fsp3) is 0.636. The first-order valence-electron chi connectivity index (χ1n) is 11.4. The van der Waals surface area contributed by atoms with Crippen LogP contribution in [0, 0.1) is 5.82 Å². The van der Waals surface area contributed by atoms with Gasteiger partial charge in [-0.15, -0.1) is 0 Å². The number of nitrogens with zero attached hydrogens (tertiary/aromatic N) is 4. The molecule has 172 valence electrons. The van der Waals surface area contributed by atoms with Crippen molar-refractivity contribution in [2.45, 2.75) is 43.4 Å². The number of rotatable bonds is 3. The van der Waals surface area contributed by atoms with Crippen molar-refractivity contribution in [3.63, 3.8) is 0 Å². The van der Waals surface area contributed by atoms with Crippen LogP contribution < -0.4 is 19.7 Å². The van der Waals surface area contributed by atoms with E-state index in [0.29, 0.717) is 43.1 Å². The van der Waals surface area contributed by atoms with E-state index in [-0.39, 0.29) is 28.1 Å². The molecule has 1 N–H and O–H groups in total. The van der Waals surface area contributed by atoms with Gasteiger partial charge in [-0.3, -0.25) is 4.90 Å². The Kier molecular flexibility index (Phi) is 5.04. The van der Waals surface area contributed by atoms with Gasteiger partial charge in [0.25, 0.3) is 0 Å². The SMILES string of the molecule is Fc1cc(Cl)c2c3c(nc(OC[C@@]45CCCN4C[C@H](F)C5)nc13)N1CCNCC1CCO2. The average Bonchev–Trinajstić information content (AvgIpc) is 3.28. The number of anilines is 1. The predicted octanol–water partition coefficient (Wildman–Crippen LogP) is 2.94. The molecule has 32 heavy (non-hydrogen) atoms. The predicted molar refractivity (Wildman–Crippen MR) is 117 cm³/mol. The maximum absolute atomic E-state index is 15.0. The van der Waals surface area contributed by atoms with Gasteiger partial charge in [-0.05, 0) is 25.5 Å². The van der Waals surface area contributed by atoms with Crippen molar-refractivity contribution in [2.24, 2.45) is 0 Å². The lowest BCUT2D eigenvalue weighted by Crippen LogP contribution is -2.52. The van der Waals surface area contributed by atoms with E-state index in [1.54, 1.807) is 0 Å². The third-order valence-corrected chi connectivity index (χ3v) is 7.62. The molecule has 1 aromatic carbocycles. The monoisotopic (exact) mass is 465 g/mol. The molecule has 5 heterocycles. The van der Waals surface area contributed by atoms with Crippen LogP contribution in [0.3, 0.4) is 0 Å². The van der Waals surface area contributed by atoms with Gasteiger partial charge in [0.15, 0.2) is 11.6 Å². The number of nitrogens with one attached hydrogen (secondary N) is 1. The minimum absolute atomic E-state index is 0.112. The fourth-order valence-corrected chi connectivity index (χ4v) is 6.08. The van der Waals surface area contributed by atoms with Gasteiger partial charge in [-0.25, -0.2) is 8.78 Å². The van der Waals surface area contributed by atoms with E-state index in [1.807, 2.05) is 0 Å². The molecule has 0 bridgehead atoms. The van der Waals surface area contributed by atoms with E-state index in [4.69, 9.17) is 26.1 Å². The molecule has 0 aliphatic carbocycles. The standard InChI is InChI=1S/C22H26ClF2N5O2/c23-15-8-16(25)18-17-19(15)31-7-2-14-10-26-4-6-30(14)20(17)28-21(27-18)32-12-22-3-1-5-29(22)11-13(24)9-22/h8,13-14,26H,1-7,9-12H2/t13-,14?,22+/m1/s1. The topological polar surface area (TPSA) is 62.8 Å². The number of aromatic nitrogens is 2. The zero-order valence-electron chi connectivity index (χ0n) is 17.7. The lowest BCUT2D eigenvalue weighted by atomic mass is 9.95. The number of alkyl halides is 1. The first-order valence-corrected chi connectivity index (χ1v) is 11.7. The van der Waals surface area contributed by atoms with Crippen LogP contribution in [-0.2, 0) is 0 Å². The van der Waals surface area contributed by atoms with E-state index in [2.05, 4.69) is 20.1 Å². The van der Waals surface area contributed by atoms with Crippen LogP contribution in [-0.4, -0.2) is 78.6 Å². The lowest BCUT2D eigenvalue weighted by molar-refractivity contribution is 0.107. The number of piperazine rings is 1. The molecular formula is C22H26ClF2N5O2. The van der Waals surface area contributed by atoms with Crippen LogP contribution >= 0.6 is 11.6 Å². The second-order valence-electron chi connectivity index (χ2n) is 9.28. The summed E-state index contributed by atoms with van der Waals surface area (Å²) in [5.74, 6) is 0.463. The minimum Gasteiger partial charge on any atom is -0.491 e. The summed E-state index contributed by atoms with van der Waals surface area (Å²) >= 11 is 6.35. The molecular weight excluding hydrogens is 440 g/mol. The van der Waals surface area contributed by atoms with Crippen molar-refractivity contribution < 1.29 is 18.3 Å². The first-order chi connectivity index (χ1) is 15.5. The number of fused-ring (bicyclic) bond motifs is 3. The van der Waals surface area contributed by atoms with Gasteiger partial charge in [-0.2, -0.15) is 9.97 Å². The van der Waals surface area contributed by atoms with Gasteiger partial charge in [-0.1, -0.05) is 11.6 Å². The molecule has 6 rings (SSSR count). The molecule has 3 atom stereocenters. The number of hydrogen-bond acceptors (Lipinski definition) is 7. The van der Waals surface area contributed by atoms with Gasteiger partial charge >= 0.3 is 6.01 Å². The number of benzene rings is 1. The van der Waals surface area contributed by atoms with Crippen LogP contribution in [0.5, 0.6) is 11.8 Å². The van der Waals surface area contributed by atoms with E-state index in [9.17, 15) is 4.39 Å². The molecule has 0 radical (unpaired) electrons. The highest BCUT2D eigenvalue weighted by Gasteiger charge is 2.49. The zero-order valence-corrected chi connectivity index (χ0v) is 18.5. The molecule has 4 aliphatic rings. The Labute approximate surface area is 190 Å². The van der Waals surface area contributed by atoms with Gasteiger partial charge in [0.05, 0.1) is 22.6 Å². The maximum Gasteiger partial charge on any atom is 0.319 e. The summed E-state index contributed by atoms with van der Waals surface area (Å²) in [5.41, 5.74) is -0.188. The molecule has 3 saturated heterocycles. The average molecular weight is 466 g/mol. The van der Waals surface area contributed by atoms with Crippen molar-refractivity contribution in [1.29, 1.82) is 0 Å². The molecule has 7 nitrogen and oxygen atoms in total. The quantitative estimate of drug-likeness (QED) is 0.747. The summed E-state index contributed by atoms with van der Waals surface area (Å²) in [4.78, 5) is 13.5. The first kappa shape index (κ1) is 20.6. The van der Waals surface area contributed by atoms with Crippen LogP contribution in [0.15, 0.2) is 6.07 Å². The third-order valence-electron chi connectivity index (χ3n) is 7.34. The van der Waals surface area contributed by atoms with Crippen LogP contribution in [0.25, 0.3) is 10.9 Å². The second kappa shape index (κ2) is 7.81. The Balaban J connectivity index is 1.42. The minimum atomic E-state index is -0.842. The van der Waals surface area contributed by atoms with Crippen molar-refractivity contribution in [2.75, 3.05) is 50.8 Å². The highest BCUT2D eigenvalue weighted by Crippen LogP contribution is 2.43. The Morgan fingerprint density at radius 1 is 1.34 bits per heavy atom. The summed E-state index contributed by atoms with van der Waals surface area (Å²) in [6.45, 7) is 4.41. The van der Waals surface area contributed by atoms with Crippen molar-refractivity contribution in [1.82, 2.24) is 20.2 Å². The molecule has 1 unspecified atom stereocenters. The Bertz CT molecular complexity index is 1060. The zero-order chi connectivity index (χ0) is 21.9. The second-order valence-corrected chi connectivity index (χ2v) is 9.68. The molecule has 4 aliphatic heterocycles. The van der Waals surface area contributed by atoms with Crippen LogP contribution in [0.1, 0.15) is 25.7 Å². The molecule has 0 amide bonds. The lowest BCUT2D eigenvalue weighted by Gasteiger charge is -2.39. The van der Waals surface area contributed by atoms with E-state index < -0.39 is 12.0 Å². The van der Waals surface area contributed by atoms with Gasteiger partial charge in [0, 0.05) is 45.1 Å². The molecule has 3 fully saturated rings. The Morgan fingerprint density at radius 3 is 3.16 bits per heavy atom. The van der Waals surface area contributed by atoms with Crippen molar-refractivity contribution in [3.05, 3.63) is 16.9 Å². The van der Waals surface area contributed by atoms with Gasteiger partial charge in [0.1, 0.15) is 24.1 Å². The van der Waals surface area contributed by atoms with E-state index >= 15 is 4.39 Å². The number of hydrogen-bond donors (Lipinski definition) is 1. The molecule has 2 aromatic rings. The maximum atomic E-state index is 15.0. The molecule has 0 saturated carbocycles. The largest absolute Gasteiger partial charge is 0.491 e. The summed E-state index contributed by atoms with van der Waals surface area (Å²) in [5, 5.41) is 4.10. The van der Waals surface area contributed by atoms with Gasteiger partial charge < -0.3 is 19.7 Å². The summed E-state index contributed by atoms with van der Waals surface area (Å²) in [6.07, 6.45) is 2.31. The normalized spacial score (nSPS) is 29.9. The summed E-state index contributed by atoms with van der Waals surface area (Å²) < 4.78 is 41.2. The Hall–Kier alpha value is -1.97. The molecule has 10 heteroatoms. The molecule has 0 spiro atoms. The smallest absolute Gasteiger partial charge is 0.319 e. The summed E-state index contributed by atoms with van der Waals surface area (Å²) in [6, 6.07) is 1.51. The highest BCUT2D eigenvalue weighted by atomic mass is 35.5. The van der Waals surface area contributed by atoms with Crippen LogP contribution in [0.4, 0.5) is 14.6 Å². The fourth-order valence-electron chi connectivity index (χ4n) is 5.83. The molecule has 1 aromatic heterocycles. The van der Waals surface area contributed by atoms with E-state index in [0.717, 1.165) is 45.4 Å². The highest BCUT2D eigenvalue weighted by molar-refractivity contribution is 6.33.